The summed E-state index contributed by atoms with van der Waals surface area (Å²) in [6.45, 7) is 7.65. The highest BCUT2D eigenvalue weighted by molar-refractivity contribution is 6.01. The van der Waals surface area contributed by atoms with Crippen molar-refractivity contribution in [2.24, 2.45) is 29.1 Å². The Labute approximate surface area is 382 Å². The fourth-order valence-electron chi connectivity index (χ4n) is 9.17. The molecule has 2 aliphatic rings. The van der Waals surface area contributed by atoms with Crippen LogP contribution in [0.25, 0.3) is 12.2 Å². The molecule has 6 rings (SSSR count). The molecular weight excluding hydrogens is 817 g/mol. The van der Waals surface area contributed by atoms with Gasteiger partial charge < -0.3 is 31.2 Å². The number of nitrogen functional groups attached to an aromatic ring is 2. The highest BCUT2D eigenvalue weighted by atomic mass is 16.5. The molecule has 0 radical (unpaired) electrons. The number of carbonyl (C=O) groups excluding carboxylic acids is 4. The van der Waals surface area contributed by atoms with E-state index in [-0.39, 0.29) is 36.6 Å². The van der Waals surface area contributed by atoms with E-state index < -0.39 is 29.2 Å². The van der Waals surface area contributed by atoms with Gasteiger partial charge in [-0.1, -0.05) is 72.8 Å². The Balaban J connectivity index is 1.19. The van der Waals surface area contributed by atoms with Crippen LogP contribution in [0.2, 0.25) is 0 Å². The molecule has 0 aliphatic heterocycles. The lowest BCUT2D eigenvalue weighted by molar-refractivity contribution is -0.230. The summed E-state index contributed by atoms with van der Waals surface area (Å²) in [6, 6.07) is 27.0. The van der Waals surface area contributed by atoms with Crippen LogP contribution < -0.4 is 20.9 Å². The van der Waals surface area contributed by atoms with Gasteiger partial charge in [-0.25, -0.2) is 0 Å². The number of aliphatic hydroxyl groups is 2. The predicted octanol–water partition coefficient (Wildman–Crippen LogP) is 9.83. The van der Waals surface area contributed by atoms with E-state index in [0.717, 1.165) is 70.3 Å². The maximum Gasteiger partial charge on any atom is 0.314 e. The second-order valence-electron chi connectivity index (χ2n) is 17.9. The minimum Gasteiger partial charge on any atom is -0.426 e. The van der Waals surface area contributed by atoms with E-state index in [1.54, 1.807) is 103 Å². The highest BCUT2D eigenvalue weighted by Gasteiger charge is 2.54. The number of ketones is 2. The number of rotatable bonds is 20. The van der Waals surface area contributed by atoms with E-state index in [0.29, 0.717) is 57.0 Å². The number of carbonyl (C=O) groups is 4. The van der Waals surface area contributed by atoms with Crippen molar-refractivity contribution in [1.29, 1.82) is 0 Å². The van der Waals surface area contributed by atoms with Crippen molar-refractivity contribution in [2.45, 2.75) is 89.3 Å². The largest absolute Gasteiger partial charge is 0.426 e. The van der Waals surface area contributed by atoms with Crippen molar-refractivity contribution in [3.63, 3.8) is 0 Å². The zero-order valence-electron chi connectivity index (χ0n) is 37.1. The second kappa shape index (κ2) is 22.5. The predicted molar refractivity (Wildman–Crippen MR) is 256 cm³/mol. The first kappa shape index (κ1) is 48.1. The lowest BCUT2D eigenvalue weighted by Gasteiger charge is -2.42. The Bertz CT molecular complexity index is 2270. The van der Waals surface area contributed by atoms with Crippen LogP contribution in [0.3, 0.4) is 0 Å². The molecule has 10 heteroatoms. The summed E-state index contributed by atoms with van der Waals surface area (Å²) in [7, 11) is 0. The first-order valence-corrected chi connectivity index (χ1v) is 22.7. The molecule has 340 valence electrons. The quantitative estimate of drug-likeness (QED) is 0.0167. The van der Waals surface area contributed by atoms with Crippen LogP contribution in [-0.2, 0) is 32.0 Å². The average Bonchev–Trinajstić information content (AvgIpc) is 3.30. The summed E-state index contributed by atoms with van der Waals surface area (Å²) in [4.78, 5) is 54.1. The fraction of sp³-hybridized carbons (Fsp3) is 0.345. The minimum atomic E-state index is -3.06. The Morgan fingerprint density at radius 2 is 0.954 bits per heavy atom. The van der Waals surface area contributed by atoms with Gasteiger partial charge in [0.05, 0.1) is 11.8 Å². The zero-order chi connectivity index (χ0) is 46.4. The van der Waals surface area contributed by atoms with E-state index in [9.17, 15) is 29.4 Å². The molecule has 0 unspecified atom stereocenters. The number of nitrogens with two attached hydrogens (primary N) is 2. The zero-order valence-corrected chi connectivity index (χ0v) is 37.1. The third-order valence-corrected chi connectivity index (χ3v) is 13.1. The molecular formula is C55H62N2O8. The number of hydrogen-bond donors (Lipinski definition) is 4. The molecule has 2 aliphatic carbocycles. The first-order chi connectivity index (χ1) is 31.2. The van der Waals surface area contributed by atoms with Crippen LogP contribution in [0.4, 0.5) is 11.4 Å². The number of ether oxygens (including phenoxy) is 2. The van der Waals surface area contributed by atoms with E-state index in [4.69, 9.17) is 20.9 Å². The summed E-state index contributed by atoms with van der Waals surface area (Å²) in [5.41, 5.74) is 13.6. The monoisotopic (exact) mass is 878 g/mol. The smallest absolute Gasteiger partial charge is 0.314 e. The van der Waals surface area contributed by atoms with Crippen LogP contribution >= 0.6 is 0 Å². The van der Waals surface area contributed by atoms with Gasteiger partial charge in [-0.3, -0.25) is 19.2 Å². The maximum atomic E-state index is 14.2. The fourth-order valence-corrected chi connectivity index (χ4v) is 9.17. The molecule has 2 saturated carbocycles. The summed E-state index contributed by atoms with van der Waals surface area (Å²) in [6.07, 6.45) is 17.6. The molecule has 0 saturated heterocycles. The molecule has 0 aromatic heterocycles. The number of hydrogen-bond acceptors (Lipinski definition) is 10. The molecule has 0 amide bonds. The molecule has 4 aromatic rings. The van der Waals surface area contributed by atoms with Crippen molar-refractivity contribution in [2.75, 3.05) is 11.5 Å². The van der Waals surface area contributed by atoms with E-state index in [1.165, 1.54) is 12.2 Å². The van der Waals surface area contributed by atoms with Crippen molar-refractivity contribution in [1.82, 2.24) is 0 Å². The molecule has 0 atom stereocenters. The summed E-state index contributed by atoms with van der Waals surface area (Å²) in [5, 5.41) is 24.4. The van der Waals surface area contributed by atoms with Crippen molar-refractivity contribution in [3.8, 4) is 11.5 Å². The Morgan fingerprint density at radius 3 is 1.34 bits per heavy atom. The van der Waals surface area contributed by atoms with Gasteiger partial charge in [0.15, 0.2) is 5.78 Å². The van der Waals surface area contributed by atoms with Gasteiger partial charge in [0.2, 0.25) is 11.6 Å². The van der Waals surface area contributed by atoms with Crippen molar-refractivity contribution < 1.29 is 38.9 Å². The molecule has 0 spiro atoms. The number of benzene rings is 4. The minimum absolute atomic E-state index is 0.0875. The molecule has 6 N–H and O–H groups in total. The number of anilines is 2. The molecule has 65 heavy (non-hydrogen) atoms. The van der Waals surface area contributed by atoms with Crippen LogP contribution in [-0.4, -0.2) is 39.5 Å². The van der Waals surface area contributed by atoms with Gasteiger partial charge in [-0.05, 0) is 172 Å². The van der Waals surface area contributed by atoms with Gasteiger partial charge in [0.25, 0.3) is 0 Å². The van der Waals surface area contributed by atoms with Crippen molar-refractivity contribution in [3.05, 3.63) is 157 Å². The van der Waals surface area contributed by atoms with E-state index in [1.807, 2.05) is 12.2 Å². The molecule has 0 bridgehead atoms. The van der Waals surface area contributed by atoms with Crippen LogP contribution in [0, 0.1) is 29.1 Å². The second-order valence-corrected chi connectivity index (χ2v) is 17.9. The Morgan fingerprint density at radius 1 is 0.569 bits per heavy atom. The SMILES string of the molecule is C=CCC1CCC(C(=O)Oc2ccc(/C=C/C(=O)CC(Cc3ccc(N)cc3)(Cc3ccc(N)cc3)C(O)(O)C(=O)/C=C/c3ccc(OC(=O)C4CCC(CC=C)CC4)cc3)cc2)CC1. The van der Waals surface area contributed by atoms with E-state index in [2.05, 4.69) is 13.2 Å². The maximum absolute atomic E-state index is 14.2. The molecule has 10 nitrogen and oxygen atoms in total. The molecule has 0 heterocycles. The van der Waals surface area contributed by atoms with Gasteiger partial charge >= 0.3 is 11.9 Å². The summed E-state index contributed by atoms with van der Waals surface area (Å²) in [5.74, 6) is -3.48. The van der Waals surface area contributed by atoms with Gasteiger partial charge in [0, 0.05) is 23.2 Å². The number of esters is 2. The summed E-state index contributed by atoms with van der Waals surface area (Å²) >= 11 is 0. The van der Waals surface area contributed by atoms with Gasteiger partial charge in [0.1, 0.15) is 11.5 Å². The van der Waals surface area contributed by atoms with Crippen LogP contribution in [0.5, 0.6) is 11.5 Å². The summed E-state index contributed by atoms with van der Waals surface area (Å²) < 4.78 is 11.4. The van der Waals surface area contributed by atoms with E-state index >= 15 is 0 Å². The van der Waals surface area contributed by atoms with Gasteiger partial charge in [-0.2, -0.15) is 0 Å². The standard InChI is InChI=1S/C55H62N2O8/c1-3-5-38-7-21-44(22-8-38)52(60)64-49-30-16-40(17-31-49)15-29-48(58)37-54(35-42-11-25-46(56)26-12-42,36-43-13-27-47(57)28-14-43)55(62,63)51(59)34-20-41-18-32-50(33-19-41)65-53(61)45-23-9-39(6-4-2)10-24-45/h3-4,11-20,25-34,38-39,44-45,62-63H,1-2,5-10,21-24,35-37,56-57H2/b29-15+,34-20+. The van der Waals surface area contributed by atoms with Crippen LogP contribution in [0.1, 0.15) is 92.9 Å². The number of allylic oxidation sites excluding steroid dienone is 3. The molecule has 4 aromatic carbocycles. The normalized spacial score (nSPS) is 19.1. The topological polar surface area (TPSA) is 179 Å². The van der Waals surface area contributed by atoms with Gasteiger partial charge in [-0.15, -0.1) is 13.2 Å². The lowest BCUT2D eigenvalue weighted by atomic mass is 9.65. The third kappa shape index (κ3) is 13.3. The molecule has 2 fully saturated rings. The first-order valence-electron chi connectivity index (χ1n) is 22.7. The average molecular weight is 879 g/mol. The van der Waals surface area contributed by atoms with Crippen LogP contribution in [0.15, 0.2) is 135 Å². The lowest BCUT2D eigenvalue weighted by Crippen LogP contribution is -2.57. The van der Waals surface area contributed by atoms with Crippen molar-refractivity contribution >= 4 is 47.0 Å². The Kier molecular flexibility index (Phi) is 16.7. The third-order valence-electron chi connectivity index (χ3n) is 13.1. The highest BCUT2D eigenvalue weighted by Crippen LogP contribution is 2.43. The Hall–Kier alpha value is -6.36.